The van der Waals surface area contributed by atoms with E-state index in [9.17, 15) is 17.6 Å². The summed E-state index contributed by atoms with van der Waals surface area (Å²) in [6, 6.07) is 13.6. The third-order valence-corrected chi connectivity index (χ3v) is 4.74. The van der Waals surface area contributed by atoms with Gasteiger partial charge in [0.05, 0.1) is 46.3 Å². The molecule has 3 aromatic rings. The monoisotopic (exact) mass is 462 g/mol. The molecule has 0 unspecified atom stereocenters. The number of amides is 1. The Kier molecular flexibility index (Phi) is 8.73. The lowest BCUT2D eigenvalue weighted by Gasteiger charge is -2.06. The molecular weight excluding hydrogens is 437 g/mol. The minimum Gasteiger partial charge on any atom is -0.326 e. The molecule has 3 rings (SSSR count). The van der Waals surface area contributed by atoms with Gasteiger partial charge < -0.3 is 5.32 Å². The lowest BCUT2D eigenvalue weighted by atomic mass is 10.1. The summed E-state index contributed by atoms with van der Waals surface area (Å²) in [5.41, 5.74) is 1.43. The summed E-state index contributed by atoms with van der Waals surface area (Å²) in [7, 11) is 1.61. The Morgan fingerprint density at radius 2 is 1.84 bits per heavy atom. The molecule has 0 bridgehead atoms. The third-order valence-electron chi connectivity index (χ3n) is 4.13. The van der Waals surface area contributed by atoms with Crippen molar-refractivity contribution in [2.45, 2.75) is 6.42 Å². The molecule has 0 aliphatic heterocycles. The van der Waals surface area contributed by atoms with Crippen LogP contribution in [0.5, 0.6) is 0 Å². The fourth-order valence-corrected chi connectivity index (χ4v) is 2.48. The molecule has 170 valence electrons. The maximum absolute atomic E-state index is 14.0. The summed E-state index contributed by atoms with van der Waals surface area (Å²) in [5.74, 6) is -0.117. The highest BCUT2D eigenvalue weighted by molar-refractivity contribution is 7.85. The van der Waals surface area contributed by atoms with E-state index in [0.29, 0.717) is 11.6 Å². The highest BCUT2D eigenvalue weighted by Crippen LogP contribution is 2.24. The SMILES string of the molecule is COS(C)(=O)=O.Cn1cc[n+](C)c1N=Nc1cc(NC(=O)Cc2ccccc2)ccc1F. The number of nitrogens with zero attached hydrogens (tertiary/aromatic N) is 4. The molecule has 32 heavy (non-hydrogen) atoms. The average molecular weight is 463 g/mol. The number of anilines is 1. The molecular formula is C21H25FN5O4S+. The number of nitrogens with one attached hydrogen (secondary N) is 1. The smallest absolute Gasteiger partial charge is 0.326 e. The van der Waals surface area contributed by atoms with Crippen molar-refractivity contribution in [3.05, 3.63) is 72.3 Å². The van der Waals surface area contributed by atoms with Gasteiger partial charge >= 0.3 is 5.95 Å². The van der Waals surface area contributed by atoms with Crippen molar-refractivity contribution in [2.24, 2.45) is 24.3 Å². The van der Waals surface area contributed by atoms with E-state index < -0.39 is 15.9 Å². The molecule has 1 amide bonds. The van der Waals surface area contributed by atoms with E-state index in [2.05, 4.69) is 19.7 Å². The van der Waals surface area contributed by atoms with Crippen molar-refractivity contribution < 1.29 is 26.4 Å². The number of rotatable bonds is 6. The molecule has 11 heteroatoms. The van der Waals surface area contributed by atoms with Gasteiger partial charge in [-0.05, 0) is 23.8 Å². The van der Waals surface area contributed by atoms with Gasteiger partial charge in [0.25, 0.3) is 10.1 Å². The van der Waals surface area contributed by atoms with Gasteiger partial charge in [0.1, 0.15) is 5.69 Å². The van der Waals surface area contributed by atoms with Gasteiger partial charge in [-0.25, -0.2) is 13.5 Å². The molecule has 2 aromatic carbocycles. The second kappa shape index (κ2) is 11.3. The molecule has 1 heterocycles. The number of aryl methyl sites for hydroxylation is 2. The van der Waals surface area contributed by atoms with Gasteiger partial charge in [-0.15, -0.1) is 0 Å². The predicted octanol–water partition coefficient (Wildman–Crippen LogP) is 3.18. The Bertz CT molecular complexity index is 1170. The molecule has 1 N–H and O–H groups in total. The lowest BCUT2D eigenvalue weighted by Crippen LogP contribution is -2.25. The van der Waals surface area contributed by atoms with E-state index in [1.165, 1.54) is 18.2 Å². The molecule has 0 fully saturated rings. The molecule has 0 saturated carbocycles. The van der Waals surface area contributed by atoms with Crippen LogP contribution in [0.1, 0.15) is 5.56 Å². The van der Waals surface area contributed by atoms with Crippen LogP contribution in [-0.4, -0.2) is 32.3 Å². The minimum absolute atomic E-state index is 0.0590. The summed E-state index contributed by atoms with van der Waals surface area (Å²) in [6.07, 6.45) is 4.89. The van der Waals surface area contributed by atoms with E-state index >= 15 is 0 Å². The van der Waals surface area contributed by atoms with Gasteiger partial charge in [-0.3, -0.25) is 8.98 Å². The fourth-order valence-electron chi connectivity index (χ4n) is 2.48. The zero-order valence-corrected chi connectivity index (χ0v) is 19.0. The normalized spacial score (nSPS) is 11.2. The summed E-state index contributed by atoms with van der Waals surface area (Å²) >= 11 is 0. The van der Waals surface area contributed by atoms with Crippen molar-refractivity contribution in [3.63, 3.8) is 0 Å². The van der Waals surface area contributed by atoms with E-state index in [1.807, 2.05) is 56.8 Å². The Morgan fingerprint density at radius 3 is 2.41 bits per heavy atom. The second-order valence-electron chi connectivity index (χ2n) is 6.77. The number of carbonyl (C=O) groups excluding carboxylic acids is 1. The van der Waals surface area contributed by atoms with Crippen molar-refractivity contribution in [2.75, 3.05) is 18.7 Å². The van der Waals surface area contributed by atoms with Crippen LogP contribution in [0.4, 0.5) is 21.7 Å². The van der Waals surface area contributed by atoms with Gasteiger partial charge in [0.15, 0.2) is 5.82 Å². The highest BCUT2D eigenvalue weighted by atomic mass is 32.2. The van der Waals surface area contributed by atoms with Crippen LogP contribution >= 0.6 is 0 Å². The Hall–Kier alpha value is -3.44. The summed E-state index contributed by atoms with van der Waals surface area (Å²) < 4.78 is 41.0. The predicted molar refractivity (Wildman–Crippen MR) is 118 cm³/mol. The first-order chi connectivity index (χ1) is 15.1. The zero-order valence-electron chi connectivity index (χ0n) is 18.2. The Labute approximate surface area is 186 Å². The molecule has 9 nitrogen and oxygen atoms in total. The van der Waals surface area contributed by atoms with Crippen molar-refractivity contribution in [3.8, 4) is 0 Å². The summed E-state index contributed by atoms with van der Waals surface area (Å²) in [6.45, 7) is 0. The van der Waals surface area contributed by atoms with Gasteiger partial charge in [0.2, 0.25) is 5.91 Å². The summed E-state index contributed by atoms with van der Waals surface area (Å²) in [5, 5.41) is 10.8. The zero-order chi connectivity index (χ0) is 23.7. The standard InChI is InChI=1S/C19H18FN5O.C2H6O3S/c1-24-10-11-25(2)19(24)23-22-17-13-15(8-9-16(17)20)21-18(26)12-14-6-4-3-5-7-14;1-5-6(2,3)4/h3-11,13H,12H2,1-2H3;1-2H3/p+1. The van der Waals surface area contributed by atoms with Gasteiger partial charge in [0, 0.05) is 10.8 Å². The Morgan fingerprint density at radius 1 is 1.19 bits per heavy atom. The number of carbonyl (C=O) groups is 1. The number of aromatic nitrogens is 2. The van der Waals surface area contributed by atoms with E-state index in [-0.39, 0.29) is 18.0 Å². The highest BCUT2D eigenvalue weighted by Gasteiger charge is 2.12. The van der Waals surface area contributed by atoms with Crippen LogP contribution in [-0.2, 0) is 39.6 Å². The number of hydrogen-bond acceptors (Lipinski definition) is 6. The first-order valence-corrected chi connectivity index (χ1v) is 11.2. The average Bonchev–Trinajstić information content (AvgIpc) is 3.06. The van der Waals surface area contributed by atoms with Gasteiger partial charge in [-0.1, -0.05) is 35.4 Å². The van der Waals surface area contributed by atoms with Crippen molar-refractivity contribution in [1.82, 2.24) is 4.57 Å². The van der Waals surface area contributed by atoms with Crippen molar-refractivity contribution in [1.29, 1.82) is 0 Å². The first-order valence-electron chi connectivity index (χ1n) is 9.40. The largest absolute Gasteiger partial charge is 0.421 e. The van der Waals surface area contributed by atoms with Crippen molar-refractivity contribution >= 4 is 33.3 Å². The molecule has 0 saturated heterocycles. The number of halogens is 1. The number of imidazole rings is 1. The van der Waals surface area contributed by atoms with Crippen LogP contribution in [0, 0.1) is 5.82 Å². The number of azo groups is 1. The van der Waals surface area contributed by atoms with Crippen LogP contribution in [0.15, 0.2) is 71.2 Å². The van der Waals surface area contributed by atoms with Crippen LogP contribution in [0.25, 0.3) is 0 Å². The molecule has 1 aromatic heterocycles. The van der Waals surface area contributed by atoms with Crippen LogP contribution in [0.2, 0.25) is 0 Å². The molecule has 0 aliphatic carbocycles. The third kappa shape index (κ3) is 8.00. The quantitative estimate of drug-likeness (QED) is 0.345. The van der Waals surface area contributed by atoms with E-state index in [1.54, 1.807) is 9.13 Å². The molecule has 0 aliphatic rings. The maximum Gasteiger partial charge on any atom is 0.421 e. The molecule has 0 radical (unpaired) electrons. The topological polar surface area (TPSA) is 106 Å². The van der Waals surface area contributed by atoms with Crippen LogP contribution in [0.3, 0.4) is 0 Å². The van der Waals surface area contributed by atoms with E-state index in [4.69, 9.17) is 0 Å². The summed E-state index contributed by atoms with van der Waals surface area (Å²) in [4.78, 5) is 12.1. The Balaban J connectivity index is 0.000000534. The number of benzene rings is 2. The number of hydrogen-bond donors (Lipinski definition) is 1. The maximum atomic E-state index is 14.0. The minimum atomic E-state index is -3.16. The molecule has 0 atom stereocenters. The fraction of sp³-hybridized carbons (Fsp3) is 0.238. The molecule has 0 spiro atoms. The van der Waals surface area contributed by atoms with Gasteiger partial charge in [-0.2, -0.15) is 8.42 Å². The first kappa shape index (κ1) is 24.8. The second-order valence-corrected chi connectivity index (χ2v) is 8.51. The van der Waals surface area contributed by atoms with Crippen LogP contribution < -0.4 is 9.88 Å². The lowest BCUT2D eigenvalue weighted by molar-refractivity contribution is -0.657. The van der Waals surface area contributed by atoms with E-state index in [0.717, 1.165) is 18.9 Å².